The number of benzene rings is 2. The molecule has 0 amide bonds. The fourth-order valence-corrected chi connectivity index (χ4v) is 2.79. The van der Waals surface area contributed by atoms with Crippen molar-refractivity contribution in [2.45, 2.75) is 11.5 Å². The van der Waals surface area contributed by atoms with Gasteiger partial charge in [0.05, 0.1) is 4.90 Å². The molecule has 0 saturated heterocycles. The molecule has 0 spiro atoms. The number of carbonyl (C=O) groups excluding carboxylic acids is 1. The average Bonchev–Trinajstić information content (AvgIpc) is 2.51. The van der Waals surface area contributed by atoms with E-state index in [9.17, 15) is 17.6 Å². The lowest BCUT2D eigenvalue weighted by Crippen LogP contribution is -2.30. The zero-order chi connectivity index (χ0) is 16.9. The van der Waals surface area contributed by atoms with Crippen molar-refractivity contribution in [2.75, 3.05) is 6.54 Å². The Morgan fingerprint density at radius 1 is 1.17 bits per heavy atom. The molecule has 0 bridgehead atoms. The van der Waals surface area contributed by atoms with Crippen LogP contribution in [0.5, 0.6) is 0 Å². The zero-order valence-corrected chi connectivity index (χ0v) is 13.4. The molecule has 0 saturated carbocycles. The number of ether oxygens (including phenoxy) is 1. The summed E-state index contributed by atoms with van der Waals surface area (Å²) in [6, 6.07) is 11.1. The second-order valence-corrected chi connectivity index (χ2v) is 6.77. The van der Waals surface area contributed by atoms with Crippen molar-refractivity contribution in [3.8, 4) is 0 Å². The molecule has 0 aliphatic carbocycles. The Bertz CT molecular complexity index is 793. The van der Waals surface area contributed by atoms with Crippen LogP contribution in [-0.4, -0.2) is 20.9 Å². The molecule has 0 atom stereocenters. The van der Waals surface area contributed by atoms with Crippen LogP contribution in [0.1, 0.15) is 5.56 Å². The number of sulfonamides is 1. The number of halogens is 2. The lowest BCUT2D eigenvalue weighted by atomic mass is 10.2. The molecule has 2 rings (SSSR count). The number of esters is 1. The summed E-state index contributed by atoms with van der Waals surface area (Å²) in [7, 11) is -3.83. The van der Waals surface area contributed by atoms with Gasteiger partial charge in [0.25, 0.3) is 0 Å². The fourth-order valence-electron chi connectivity index (χ4n) is 1.69. The normalized spacial score (nSPS) is 11.2. The Morgan fingerprint density at radius 2 is 1.87 bits per heavy atom. The molecule has 0 unspecified atom stereocenters. The molecule has 0 fully saturated rings. The maximum Gasteiger partial charge on any atom is 0.321 e. The van der Waals surface area contributed by atoms with Gasteiger partial charge in [-0.25, -0.2) is 12.8 Å². The Kier molecular flexibility index (Phi) is 5.70. The summed E-state index contributed by atoms with van der Waals surface area (Å²) >= 11 is 5.68. The number of nitrogens with one attached hydrogen (secondary N) is 1. The molecule has 2 aromatic rings. The van der Waals surface area contributed by atoms with Crippen molar-refractivity contribution in [3.05, 3.63) is 64.9 Å². The number of hydrogen-bond acceptors (Lipinski definition) is 4. The minimum absolute atomic E-state index is 0.0140. The Hall–Kier alpha value is -1.96. The van der Waals surface area contributed by atoms with Crippen molar-refractivity contribution >= 4 is 27.6 Å². The first-order chi connectivity index (χ1) is 10.9. The predicted molar refractivity (Wildman–Crippen MR) is 82.8 cm³/mol. The van der Waals surface area contributed by atoms with E-state index in [1.165, 1.54) is 42.5 Å². The molecule has 1 N–H and O–H groups in total. The van der Waals surface area contributed by atoms with E-state index in [-0.39, 0.29) is 11.5 Å². The first-order valence-electron chi connectivity index (χ1n) is 6.52. The van der Waals surface area contributed by atoms with Gasteiger partial charge in [0.15, 0.2) is 0 Å². The van der Waals surface area contributed by atoms with Gasteiger partial charge in [0, 0.05) is 5.02 Å². The van der Waals surface area contributed by atoms with Gasteiger partial charge in [0.2, 0.25) is 10.0 Å². The van der Waals surface area contributed by atoms with E-state index in [2.05, 4.69) is 4.72 Å². The van der Waals surface area contributed by atoms with Crippen LogP contribution in [0.25, 0.3) is 0 Å². The average molecular weight is 358 g/mol. The number of rotatable bonds is 6. The van der Waals surface area contributed by atoms with Gasteiger partial charge in [0.1, 0.15) is 19.0 Å². The van der Waals surface area contributed by atoms with Crippen LogP contribution >= 0.6 is 11.6 Å². The van der Waals surface area contributed by atoms with Gasteiger partial charge in [-0.05, 0) is 42.0 Å². The van der Waals surface area contributed by atoms with Crippen LogP contribution in [0, 0.1) is 5.82 Å². The number of hydrogen-bond donors (Lipinski definition) is 1. The van der Waals surface area contributed by atoms with Crippen LogP contribution in [0.3, 0.4) is 0 Å². The Morgan fingerprint density at radius 3 is 2.52 bits per heavy atom. The van der Waals surface area contributed by atoms with Crippen LogP contribution in [0.4, 0.5) is 4.39 Å². The van der Waals surface area contributed by atoms with Gasteiger partial charge >= 0.3 is 5.97 Å². The highest BCUT2D eigenvalue weighted by Gasteiger charge is 2.16. The molecule has 0 heterocycles. The van der Waals surface area contributed by atoms with Gasteiger partial charge < -0.3 is 4.74 Å². The summed E-state index contributed by atoms with van der Waals surface area (Å²) in [5.74, 6) is -1.21. The highest BCUT2D eigenvalue weighted by molar-refractivity contribution is 7.89. The van der Waals surface area contributed by atoms with E-state index >= 15 is 0 Å². The summed E-state index contributed by atoms with van der Waals surface area (Å²) in [5.41, 5.74) is 0.471. The standard InChI is InChI=1S/C15H13ClFNO4S/c16-12-4-6-14(7-5-12)23(20,21)18-9-15(19)22-10-11-2-1-3-13(17)8-11/h1-8,18H,9-10H2. The van der Waals surface area contributed by atoms with Crippen LogP contribution in [-0.2, 0) is 26.2 Å². The van der Waals surface area contributed by atoms with E-state index in [4.69, 9.17) is 16.3 Å². The topological polar surface area (TPSA) is 72.5 Å². The van der Waals surface area contributed by atoms with Gasteiger partial charge in [-0.3, -0.25) is 4.79 Å². The van der Waals surface area contributed by atoms with E-state index in [1.54, 1.807) is 6.07 Å². The Labute approximate surface area is 138 Å². The Balaban J connectivity index is 1.87. The lowest BCUT2D eigenvalue weighted by Gasteiger charge is -2.08. The molecule has 0 aromatic heterocycles. The van der Waals surface area contributed by atoms with E-state index < -0.39 is 28.4 Å². The van der Waals surface area contributed by atoms with Crippen molar-refractivity contribution in [1.29, 1.82) is 0 Å². The molecule has 0 aliphatic rings. The molecular formula is C15H13ClFNO4S. The van der Waals surface area contributed by atoms with Gasteiger partial charge in [-0.2, -0.15) is 4.72 Å². The SMILES string of the molecule is O=C(CNS(=O)(=O)c1ccc(Cl)cc1)OCc1cccc(F)c1. The molecular weight excluding hydrogens is 345 g/mol. The lowest BCUT2D eigenvalue weighted by molar-refractivity contribution is -0.143. The summed E-state index contributed by atoms with van der Waals surface area (Å²) in [5, 5.41) is 0.401. The fraction of sp³-hybridized carbons (Fsp3) is 0.133. The van der Waals surface area contributed by atoms with Gasteiger partial charge in [-0.1, -0.05) is 23.7 Å². The second-order valence-electron chi connectivity index (χ2n) is 4.57. The number of carbonyl (C=O) groups is 1. The smallest absolute Gasteiger partial charge is 0.321 e. The van der Waals surface area contributed by atoms with Crippen LogP contribution < -0.4 is 4.72 Å². The van der Waals surface area contributed by atoms with E-state index in [0.29, 0.717) is 10.6 Å². The first-order valence-corrected chi connectivity index (χ1v) is 8.38. The minimum atomic E-state index is -3.83. The van der Waals surface area contributed by atoms with E-state index in [0.717, 1.165) is 0 Å². The monoisotopic (exact) mass is 357 g/mol. The summed E-state index contributed by atoms with van der Waals surface area (Å²) in [6.07, 6.45) is 0. The van der Waals surface area contributed by atoms with E-state index in [1.807, 2.05) is 0 Å². The highest BCUT2D eigenvalue weighted by Crippen LogP contribution is 2.13. The summed E-state index contributed by atoms with van der Waals surface area (Å²) < 4.78 is 43.9. The van der Waals surface area contributed by atoms with Crippen LogP contribution in [0.2, 0.25) is 5.02 Å². The highest BCUT2D eigenvalue weighted by atomic mass is 35.5. The molecule has 0 radical (unpaired) electrons. The quantitative estimate of drug-likeness (QED) is 0.806. The molecule has 0 aliphatic heterocycles. The molecule has 2 aromatic carbocycles. The minimum Gasteiger partial charge on any atom is -0.460 e. The third kappa shape index (κ3) is 5.31. The van der Waals surface area contributed by atoms with Crippen molar-refractivity contribution in [3.63, 3.8) is 0 Å². The van der Waals surface area contributed by atoms with Crippen LogP contribution in [0.15, 0.2) is 53.4 Å². The van der Waals surface area contributed by atoms with Crippen molar-refractivity contribution in [1.82, 2.24) is 4.72 Å². The zero-order valence-electron chi connectivity index (χ0n) is 11.8. The molecule has 5 nitrogen and oxygen atoms in total. The van der Waals surface area contributed by atoms with Crippen molar-refractivity contribution < 1.29 is 22.3 Å². The molecule has 122 valence electrons. The van der Waals surface area contributed by atoms with Gasteiger partial charge in [-0.15, -0.1) is 0 Å². The third-order valence-electron chi connectivity index (χ3n) is 2.82. The summed E-state index contributed by atoms with van der Waals surface area (Å²) in [4.78, 5) is 11.6. The third-order valence-corrected chi connectivity index (χ3v) is 4.49. The van der Waals surface area contributed by atoms with Crippen molar-refractivity contribution in [2.24, 2.45) is 0 Å². The second kappa shape index (κ2) is 7.54. The first kappa shape index (κ1) is 17.4. The largest absolute Gasteiger partial charge is 0.460 e. The maximum atomic E-state index is 13.0. The predicted octanol–water partition coefficient (Wildman–Crippen LogP) is 2.50. The molecule has 23 heavy (non-hydrogen) atoms. The summed E-state index contributed by atoms with van der Waals surface area (Å²) in [6.45, 7) is -0.667. The maximum absolute atomic E-state index is 13.0. The molecule has 8 heteroatoms.